The maximum absolute atomic E-state index is 9.96. The van der Waals surface area contributed by atoms with Crippen molar-refractivity contribution in [2.24, 2.45) is 7.05 Å². The SMILES string of the molecule is COc1cc2c(cc1-c1c(C)noc1C)[nH]c1nc(C)nc(-c3ccnc4ccccc34)c12.COc1cc2c3c(-c4ccnc5ccccc45)nc(C)nc3n(C)c2cc1-c1c(C)noc1C.[2H]CF. The number of hydrogen-bond donors (Lipinski definition) is 1. The van der Waals surface area contributed by atoms with Crippen LogP contribution in [0.15, 0.2) is 106 Å². The first-order chi connectivity index (χ1) is 33.9. The molecule has 0 atom stereocenters. The second kappa shape index (κ2) is 17.6. The number of fused-ring (bicyclic) bond motifs is 8. The second-order valence-electron chi connectivity index (χ2n) is 16.7. The van der Waals surface area contributed by atoms with Crippen molar-refractivity contribution in [1.29, 1.82) is 0 Å². The molecule has 15 heteroatoms. The van der Waals surface area contributed by atoms with Gasteiger partial charge in [-0.1, -0.05) is 46.7 Å². The molecule has 0 bridgehead atoms. The lowest BCUT2D eigenvalue weighted by Gasteiger charge is -2.10. The van der Waals surface area contributed by atoms with Gasteiger partial charge in [0.05, 0.1) is 84.0 Å². The number of alkyl halides is 1. The fourth-order valence-electron chi connectivity index (χ4n) is 9.60. The smallest absolute Gasteiger partial charge is 0.145 e. The number of halogens is 1. The third-order valence-corrected chi connectivity index (χ3v) is 12.6. The molecule has 0 saturated carbocycles. The molecule has 0 spiro atoms. The predicted molar refractivity (Wildman–Crippen MR) is 268 cm³/mol. The molecular formula is C54H47FN10O4. The number of pyridine rings is 2. The molecule has 69 heavy (non-hydrogen) atoms. The summed E-state index contributed by atoms with van der Waals surface area (Å²) in [5.74, 6) is 4.41. The highest BCUT2D eigenvalue weighted by Crippen LogP contribution is 2.44. The van der Waals surface area contributed by atoms with Crippen LogP contribution in [-0.4, -0.2) is 71.1 Å². The van der Waals surface area contributed by atoms with Gasteiger partial charge in [0.1, 0.15) is 46.0 Å². The van der Waals surface area contributed by atoms with E-state index in [1.54, 1.807) is 14.2 Å². The summed E-state index contributed by atoms with van der Waals surface area (Å²) in [6.45, 7) is 11.5. The van der Waals surface area contributed by atoms with Gasteiger partial charge < -0.3 is 28.1 Å². The van der Waals surface area contributed by atoms with E-state index < -0.39 is 7.15 Å². The van der Waals surface area contributed by atoms with E-state index in [0.717, 1.165) is 145 Å². The summed E-state index contributed by atoms with van der Waals surface area (Å²) in [5.41, 5.74) is 14.7. The van der Waals surface area contributed by atoms with Crippen LogP contribution in [0.4, 0.5) is 4.39 Å². The van der Waals surface area contributed by atoms with Crippen LogP contribution in [0.3, 0.4) is 0 Å². The van der Waals surface area contributed by atoms with Crippen molar-refractivity contribution in [2.75, 3.05) is 21.4 Å². The number of aromatic nitrogens is 10. The van der Waals surface area contributed by atoms with Crippen LogP contribution in [0.1, 0.15) is 35.9 Å². The lowest BCUT2D eigenvalue weighted by atomic mass is 9.99. The molecule has 0 unspecified atom stereocenters. The number of ether oxygens (including phenoxy) is 2. The minimum Gasteiger partial charge on any atom is -0.496 e. The molecule has 344 valence electrons. The maximum Gasteiger partial charge on any atom is 0.145 e. The molecule has 4 aromatic carbocycles. The first-order valence-corrected chi connectivity index (χ1v) is 22.1. The molecule has 0 radical (unpaired) electrons. The van der Waals surface area contributed by atoms with Crippen molar-refractivity contribution in [1.82, 2.24) is 49.8 Å². The Bertz CT molecular complexity index is 3940. The molecule has 0 amide bonds. The zero-order chi connectivity index (χ0) is 49.0. The summed E-state index contributed by atoms with van der Waals surface area (Å²) in [6, 6.07) is 28.6. The molecule has 8 aromatic heterocycles. The predicted octanol–water partition coefficient (Wildman–Crippen LogP) is 12.4. The molecule has 12 aromatic rings. The molecular weight excluding hydrogens is 872 g/mol. The molecule has 0 saturated heterocycles. The fraction of sp³-hybridized carbons (Fsp3) is 0.185. The van der Waals surface area contributed by atoms with Gasteiger partial charge in [-0.15, -0.1) is 0 Å². The Kier molecular flexibility index (Phi) is 11.0. The summed E-state index contributed by atoms with van der Waals surface area (Å²) in [7, 11) is 4.40. The zero-order valence-corrected chi connectivity index (χ0v) is 39.5. The highest BCUT2D eigenvalue weighted by Gasteiger charge is 2.25. The quantitative estimate of drug-likeness (QED) is 0.168. The van der Waals surface area contributed by atoms with E-state index >= 15 is 0 Å². The fourth-order valence-corrected chi connectivity index (χ4v) is 9.60. The van der Waals surface area contributed by atoms with E-state index in [2.05, 4.69) is 60.2 Å². The van der Waals surface area contributed by atoms with E-state index in [9.17, 15) is 4.39 Å². The standard InChI is InChI=1S/C27H23N5O2.C26H21N5O2.CH3F/c1-14-24(15(2)34-31-14)20-12-22-19(13-23(20)33-5)25-26(29-16(3)30-27(25)32(22)4)18-10-11-28-21-9-7-6-8-17(18)21;1-13-23(14(2)33-31-13)19-11-21-18(12-22(19)32-4)24-25(28-15(3)29-26(24)30-21)17-9-10-27-20-8-6-5-7-16(17)20;1-2/h6-13H,1-5H3;5-12H,1-4H3,(H,28,29,30);1H3/i;;1D. The summed E-state index contributed by atoms with van der Waals surface area (Å²) in [4.78, 5) is 31.9. The van der Waals surface area contributed by atoms with Gasteiger partial charge in [0.15, 0.2) is 0 Å². The zero-order valence-electron chi connectivity index (χ0n) is 40.5. The molecule has 0 aliphatic heterocycles. The summed E-state index contributed by atoms with van der Waals surface area (Å²) >= 11 is 0. The number of aryl methyl sites for hydroxylation is 7. The first-order valence-electron chi connectivity index (χ1n) is 22.8. The van der Waals surface area contributed by atoms with Crippen LogP contribution in [0.25, 0.3) is 110 Å². The molecule has 0 aliphatic carbocycles. The lowest BCUT2D eigenvalue weighted by Crippen LogP contribution is -1.97. The van der Waals surface area contributed by atoms with Crippen molar-refractivity contribution < 1.29 is 24.3 Å². The van der Waals surface area contributed by atoms with Gasteiger partial charge in [-0.25, -0.2) is 19.9 Å². The van der Waals surface area contributed by atoms with E-state index in [4.69, 9.17) is 39.8 Å². The highest BCUT2D eigenvalue weighted by molar-refractivity contribution is 6.17. The maximum atomic E-state index is 9.96. The Labute approximate surface area is 396 Å². The lowest BCUT2D eigenvalue weighted by molar-refractivity contribution is 0.393. The summed E-state index contributed by atoms with van der Waals surface area (Å²) in [5, 5.41) is 14.3. The average molecular weight is 920 g/mol. The second-order valence-corrected chi connectivity index (χ2v) is 16.7. The number of aromatic amines is 1. The van der Waals surface area contributed by atoms with Gasteiger partial charge in [-0.05, 0) is 90.1 Å². The monoisotopic (exact) mass is 919 g/mol. The minimum atomic E-state index is -1.00. The number of nitrogens with zero attached hydrogens (tertiary/aromatic N) is 9. The van der Waals surface area contributed by atoms with Crippen LogP contribution >= 0.6 is 0 Å². The van der Waals surface area contributed by atoms with E-state index in [0.29, 0.717) is 11.6 Å². The van der Waals surface area contributed by atoms with Gasteiger partial charge in [-0.2, -0.15) is 0 Å². The van der Waals surface area contributed by atoms with Gasteiger partial charge in [0, 0.05) is 68.8 Å². The van der Waals surface area contributed by atoms with Crippen molar-refractivity contribution in [3.05, 3.63) is 132 Å². The summed E-state index contributed by atoms with van der Waals surface area (Å²) < 4.78 is 40.1. The number of nitrogens with one attached hydrogen (secondary N) is 1. The Morgan fingerprint density at radius 2 is 1.10 bits per heavy atom. The van der Waals surface area contributed by atoms with Crippen molar-refractivity contribution in [2.45, 2.75) is 41.5 Å². The minimum absolute atomic E-state index is 0.697. The normalized spacial score (nSPS) is 11.6. The summed E-state index contributed by atoms with van der Waals surface area (Å²) in [6.07, 6.45) is 3.66. The number of rotatable bonds is 6. The number of benzene rings is 4. The first kappa shape index (κ1) is 43.0. The van der Waals surface area contributed by atoms with Crippen LogP contribution in [0, 0.1) is 41.5 Å². The van der Waals surface area contributed by atoms with E-state index in [1.165, 1.54) is 0 Å². The average Bonchev–Trinajstić information content (AvgIpc) is 4.09. The van der Waals surface area contributed by atoms with Crippen molar-refractivity contribution in [3.8, 4) is 56.3 Å². The van der Waals surface area contributed by atoms with Gasteiger partial charge in [0.25, 0.3) is 0 Å². The van der Waals surface area contributed by atoms with Gasteiger partial charge in [0.2, 0.25) is 0 Å². The van der Waals surface area contributed by atoms with Gasteiger partial charge >= 0.3 is 0 Å². The number of para-hydroxylation sites is 2. The molecule has 1 N–H and O–H groups in total. The van der Waals surface area contributed by atoms with Gasteiger partial charge in [-0.3, -0.25) is 14.4 Å². The Morgan fingerprint density at radius 3 is 1.64 bits per heavy atom. The van der Waals surface area contributed by atoms with Crippen molar-refractivity contribution >= 4 is 65.7 Å². The topological polar surface area (TPSA) is 169 Å². The Balaban J connectivity index is 0.000000154. The van der Waals surface area contributed by atoms with Crippen LogP contribution in [0.2, 0.25) is 0 Å². The number of hydrogen-bond acceptors (Lipinski definition) is 12. The Hall–Kier alpha value is -8.59. The Morgan fingerprint density at radius 1 is 0.594 bits per heavy atom. The third-order valence-electron chi connectivity index (χ3n) is 12.6. The molecule has 0 fully saturated rings. The molecule has 0 aliphatic rings. The van der Waals surface area contributed by atoms with Crippen LogP contribution in [0.5, 0.6) is 11.5 Å². The largest absolute Gasteiger partial charge is 0.496 e. The highest BCUT2D eigenvalue weighted by atomic mass is 19.1. The van der Waals surface area contributed by atoms with E-state index in [-0.39, 0.29) is 0 Å². The third kappa shape index (κ3) is 7.33. The van der Waals surface area contributed by atoms with Crippen molar-refractivity contribution in [3.63, 3.8) is 0 Å². The van der Waals surface area contributed by atoms with E-state index in [1.807, 2.05) is 116 Å². The number of H-pyrrole nitrogens is 1. The molecule has 8 heterocycles. The molecule has 14 nitrogen and oxygen atoms in total. The molecule has 12 rings (SSSR count). The number of methoxy groups -OCH3 is 2. The van der Waals surface area contributed by atoms with Crippen LogP contribution < -0.4 is 9.47 Å². The van der Waals surface area contributed by atoms with Crippen LogP contribution in [-0.2, 0) is 7.05 Å².